The molecule has 1 aromatic carbocycles. The van der Waals surface area contributed by atoms with Gasteiger partial charge >= 0.3 is 5.97 Å². The van der Waals surface area contributed by atoms with E-state index in [1.807, 2.05) is 13.0 Å². The van der Waals surface area contributed by atoms with Crippen molar-refractivity contribution in [1.82, 2.24) is 9.55 Å². The molecule has 0 bridgehead atoms. The molecule has 5 heteroatoms. The molecule has 1 saturated heterocycles. The van der Waals surface area contributed by atoms with Crippen LogP contribution in [0.5, 0.6) is 0 Å². The molecule has 0 amide bonds. The molecule has 1 aliphatic rings. The zero-order valence-corrected chi connectivity index (χ0v) is 10.1. The smallest absolute Gasteiger partial charge is 0.335 e. The molecule has 1 aliphatic heterocycles. The molecule has 0 aliphatic carbocycles. The lowest BCUT2D eigenvalue weighted by molar-refractivity contribution is 0.0697. The molecule has 0 radical (unpaired) electrons. The molecule has 1 unspecified atom stereocenters. The summed E-state index contributed by atoms with van der Waals surface area (Å²) in [4.78, 5) is 15.4. The lowest BCUT2D eigenvalue weighted by Gasteiger charge is -2.13. The van der Waals surface area contributed by atoms with E-state index in [4.69, 9.17) is 9.84 Å². The van der Waals surface area contributed by atoms with E-state index in [0.717, 1.165) is 29.9 Å². The van der Waals surface area contributed by atoms with Gasteiger partial charge in [-0.3, -0.25) is 0 Å². The molecule has 0 spiro atoms. The SMILES string of the molecule is Cc1nc2cc(C(=O)O)ccc2n1C1CCOC1. The van der Waals surface area contributed by atoms with Crippen LogP contribution < -0.4 is 0 Å². The average Bonchev–Trinajstić information content (AvgIpc) is 2.93. The van der Waals surface area contributed by atoms with Gasteiger partial charge in [0.15, 0.2) is 0 Å². The Balaban J connectivity index is 2.14. The first-order chi connectivity index (χ1) is 8.66. The first-order valence-corrected chi connectivity index (χ1v) is 5.96. The summed E-state index contributed by atoms with van der Waals surface area (Å²) in [5.74, 6) is -0.0173. The van der Waals surface area contributed by atoms with Crippen molar-refractivity contribution < 1.29 is 14.6 Å². The van der Waals surface area contributed by atoms with Gasteiger partial charge in [-0.05, 0) is 31.5 Å². The van der Waals surface area contributed by atoms with E-state index in [2.05, 4.69) is 9.55 Å². The Morgan fingerprint density at radius 2 is 2.39 bits per heavy atom. The highest BCUT2D eigenvalue weighted by Crippen LogP contribution is 2.27. The van der Waals surface area contributed by atoms with Gasteiger partial charge in [0.2, 0.25) is 0 Å². The number of carboxylic acids is 1. The van der Waals surface area contributed by atoms with E-state index in [1.54, 1.807) is 12.1 Å². The quantitative estimate of drug-likeness (QED) is 0.880. The number of aryl methyl sites for hydroxylation is 1. The topological polar surface area (TPSA) is 64.3 Å². The van der Waals surface area contributed by atoms with Crippen molar-refractivity contribution in [2.24, 2.45) is 0 Å². The van der Waals surface area contributed by atoms with Crippen LogP contribution in [0, 0.1) is 6.92 Å². The summed E-state index contributed by atoms with van der Waals surface area (Å²) in [6.07, 6.45) is 0.979. The number of carbonyl (C=O) groups is 1. The van der Waals surface area contributed by atoms with Gasteiger partial charge < -0.3 is 14.4 Å². The second-order valence-electron chi connectivity index (χ2n) is 4.56. The molecule has 5 nitrogen and oxygen atoms in total. The Bertz CT molecular complexity index is 612. The molecule has 0 saturated carbocycles. The highest BCUT2D eigenvalue weighted by atomic mass is 16.5. The minimum Gasteiger partial charge on any atom is -0.478 e. The van der Waals surface area contributed by atoms with E-state index in [1.165, 1.54) is 0 Å². The van der Waals surface area contributed by atoms with Crippen molar-refractivity contribution in [3.8, 4) is 0 Å². The molecule has 18 heavy (non-hydrogen) atoms. The van der Waals surface area contributed by atoms with Crippen molar-refractivity contribution in [3.63, 3.8) is 0 Å². The van der Waals surface area contributed by atoms with Crippen LogP contribution in [0.2, 0.25) is 0 Å². The molecule has 3 rings (SSSR count). The van der Waals surface area contributed by atoms with Gasteiger partial charge in [-0.15, -0.1) is 0 Å². The van der Waals surface area contributed by atoms with Crippen LogP contribution >= 0.6 is 0 Å². The summed E-state index contributed by atoms with van der Waals surface area (Å²) < 4.78 is 7.55. The van der Waals surface area contributed by atoms with Gasteiger partial charge in [-0.1, -0.05) is 0 Å². The van der Waals surface area contributed by atoms with E-state index in [0.29, 0.717) is 12.6 Å². The number of benzene rings is 1. The van der Waals surface area contributed by atoms with Gasteiger partial charge in [0, 0.05) is 6.61 Å². The van der Waals surface area contributed by atoms with Crippen LogP contribution in [0.3, 0.4) is 0 Å². The minimum absolute atomic E-state index is 0.273. The molecule has 2 aromatic rings. The van der Waals surface area contributed by atoms with Crippen LogP contribution in [-0.2, 0) is 4.74 Å². The van der Waals surface area contributed by atoms with E-state index >= 15 is 0 Å². The molecule has 1 fully saturated rings. The summed E-state index contributed by atoms with van der Waals surface area (Å²) in [6, 6.07) is 5.39. The molecule has 1 atom stereocenters. The van der Waals surface area contributed by atoms with Crippen molar-refractivity contribution in [2.45, 2.75) is 19.4 Å². The van der Waals surface area contributed by atoms with Crippen molar-refractivity contribution in [3.05, 3.63) is 29.6 Å². The zero-order valence-electron chi connectivity index (χ0n) is 10.1. The molecule has 1 N–H and O–H groups in total. The summed E-state index contributed by atoms with van der Waals surface area (Å²) in [5, 5.41) is 8.98. The van der Waals surface area contributed by atoms with Gasteiger partial charge in [0.25, 0.3) is 0 Å². The van der Waals surface area contributed by atoms with Crippen LogP contribution in [-0.4, -0.2) is 33.8 Å². The fourth-order valence-electron chi connectivity index (χ4n) is 2.54. The number of hydrogen-bond donors (Lipinski definition) is 1. The second-order valence-corrected chi connectivity index (χ2v) is 4.56. The third-order valence-electron chi connectivity index (χ3n) is 3.38. The predicted octanol–water partition coefficient (Wildman–Crippen LogP) is 2.00. The molecule has 2 heterocycles. The highest BCUT2D eigenvalue weighted by Gasteiger charge is 2.22. The number of carboxylic acid groups (broad SMARTS) is 1. The highest BCUT2D eigenvalue weighted by molar-refractivity contribution is 5.92. The largest absolute Gasteiger partial charge is 0.478 e. The van der Waals surface area contributed by atoms with Crippen molar-refractivity contribution in [2.75, 3.05) is 13.2 Å². The number of aromatic carboxylic acids is 1. The normalized spacial score (nSPS) is 19.5. The lowest BCUT2D eigenvalue weighted by atomic mass is 10.2. The Morgan fingerprint density at radius 3 is 3.06 bits per heavy atom. The van der Waals surface area contributed by atoms with E-state index in [9.17, 15) is 4.79 Å². The Kier molecular flexibility index (Phi) is 2.56. The Hall–Kier alpha value is -1.88. The Labute approximate surface area is 104 Å². The van der Waals surface area contributed by atoms with Crippen LogP contribution in [0.15, 0.2) is 18.2 Å². The third kappa shape index (κ3) is 1.67. The number of rotatable bonds is 2. The summed E-state index contributed by atoms with van der Waals surface area (Å²) >= 11 is 0. The molecular weight excluding hydrogens is 232 g/mol. The standard InChI is InChI=1S/C13H14N2O3/c1-8-14-11-6-9(13(16)17)2-3-12(11)15(8)10-4-5-18-7-10/h2-3,6,10H,4-5,7H2,1H3,(H,16,17). The van der Waals surface area contributed by atoms with Crippen molar-refractivity contribution >= 4 is 17.0 Å². The number of aromatic nitrogens is 2. The summed E-state index contributed by atoms with van der Waals surface area (Å²) in [5.41, 5.74) is 1.99. The molecule has 94 valence electrons. The second kappa shape index (κ2) is 4.10. The maximum Gasteiger partial charge on any atom is 0.335 e. The first kappa shape index (κ1) is 11.2. The molecule has 1 aromatic heterocycles. The van der Waals surface area contributed by atoms with Crippen molar-refractivity contribution in [1.29, 1.82) is 0 Å². The fourth-order valence-corrected chi connectivity index (χ4v) is 2.54. The van der Waals surface area contributed by atoms with Gasteiger partial charge in [-0.25, -0.2) is 9.78 Å². The Morgan fingerprint density at radius 1 is 1.56 bits per heavy atom. The van der Waals surface area contributed by atoms with Gasteiger partial charge in [-0.2, -0.15) is 0 Å². The van der Waals surface area contributed by atoms with E-state index in [-0.39, 0.29) is 5.56 Å². The average molecular weight is 246 g/mol. The predicted molar refractivity (Wildman–Crippen MR) is 65.9 cm³/mol. The van der Waals surface area contributed by atoms with Crippen LogP contribution in [0.1, 0.15) is 28.6 Å². The number of imidazole rings is 1. The van der Waals surface area contributed by atoms with Gasteiger partial charge in [0.1, 0.15) is 5.82 Å². The van der Waals surface area contributed by atoms with Gasteiger partial charge in [0.05, 0.1) is 29.2 Å². The van der Waals surface area contributed by atoms with E-state index < -0.39 is 5.97 Å². The lowest BCUT2D eigenvalue weighted by Crippen LogP contribution is -2.10. The number of fused-ring (bicyclic) bond motifs is 1. The zero-order chi connectivity index (χ0) is 12.7. The number of nitrogens with zero attached hydrogens (tertiary/aromatic N) is 2. The fraction of sp³-hybridized carbons (Fsp3) is 0.385. The summed E-state index contributed by atoms with van der Waals surface area (Å²) in [7, 11) is 0. The maximum atomic E-state index is 10.9. The third-order valence-corrected chi connectivity index (χ3v) is 3.38. The summed E-state index contributed by atoms with van der Waals surface area (Å²) in [6.45, 7) is 3.42. The monoisotopic (exact) mass is 246 g/mol. The molecular formula is C13H14N2O3. The first-order valence-electron chi connectivity index (χ1n) is 5.96. The minimum atomic E-state index is -0.923. The van der Waals surface area contributed by atoms with Crippen LogP contribution in [0.4, 0.5) is 0 Å². The maximum absolute atomic E-state index is 10.9. The van der Waals surface area contributed by atoms with Crippen LogP contribution in [0.25, 0.3) is 11.0 Å². The number of ether oxygens (including phenoxy) is 1. The number of hydrogen-bond acceptors (Lipinski definition) is 3.